The number of amides is 1. The molecule has 1 unspecified atom stereocenters. The van der Waals surface area contributed by atoms with Gasteiger partial charge in [-0.15, -0.1) is 23.7 Å². The number of carbonyl (C=O) groups is 1. The first-order chi connectivity index (χ1) is 10.5. The fourth-order valence-electron chi connectivity index (χ4n) is 1.93. The molecule has 4 nitrogen and oxygen atoms in total. The molecule has 2 N–H and O–H groups in total. The van der Waals surface area contributed by atoms with Gasteiger partial charge in [-0.2, -0.15) is 0 Å². The van der Waals surface area contributed by atoms with Crippen molar-refractivity contribution in [1.82, 2.24) is 10.3 Å². The Morgan fingerprint density at radius 3 is 2.78 bits per heavy atom. The van der Waals surface area contributed by atoms with Crippen LogP contribution in [0.5, 0.6) is 0 Å². The molecule has 0 aliphatic carbocycles. The summed E-state index contributed by atoms with van der Waals surface area (Å²) in [4.78, 5) is 16.8. The van der Waals surface area contributed by atoms with Crippen LogP contribution in [0, 0.1) is 17.6 Å². The molecule has 0 saturated heterocycles. The van der Waals surface area contributed by atoms with E-state index in [4.69, 9.17) is 0 Å². The van der Waals surface area contributed by atoms with E-state index < -0.39 is 11.6 Å². The lowest BCUT2D eigenvalue weighted by Gasteiger charge is -2.09. The number of anilines is 1. The van der Waals surface area contributed by atoms with Crippen LogP contribution in [0.4, 0.5) is 13.9 Å². The molecular weight excluding hydrogens is 344 g/mol. The van der Waals surface area contributed by atoms with Crippen LogP contribution in [0.15, 0.2) is 24.4 Å². The normalized spacial score (nSPS) is 11.7. The highest BCUT2D eigenvalue weighted by Crippen LogP contribution is 2.23. The van der Waals surface area contributed by atoms with Gasteiger partial charge in [0.25, 0.3) is 0 Å². The Kier molecular flexibility index (Phi) is 7.54. The maximum atomic E-state index is 13.6. The number of rotatable bonds is 6. The van der Waals surface area contributed by atoms with Gasteiger partial charge in [-0.3, -0.25) is 4.79 Å². The average Bonchev–Trinajstić information content (AvgIpc) is 2.89. The summed E-state index contributed by atoms with van der Waals surface area (Å²) in [6.45, 7) is 2.39. The zero-order valence-corrected chi connectivity index (χ0v) is 14.4. The SMILES string of the molecule is CNCC(C)C(=O)Nc1ncc(Cc2ccc(F)cc2F)s1.Cl. The molecule has 1 amide bonds. The second-order valence-electron chi connectivity index (χ2n) is 4.99. The predicted molar refractivity (Wildman–Crippen MR) is 90.2 cm³/mol. The van der Waals surface area contributed by atoms with Gasteiger partial charge in [0.2, 0.25) is 5.91 Å². The standard InChI is InChI=1S/C15H17F2N3OS.ClH/c1-9(7-18-2)14(21)20-15-19-8-12(22-15)5-10-3-4-11(16)6-13(10)17;/h3-4,6,8-9,18H,5,7H2,1-2H3,(H,19,20,21);1H. The summed E-state index contributed by atoms with van der Waals surface area (Å²) in [6, 6.07) is 3.50. The molecule has 0 saturated carbocycles. The molecule has 0 aliphatic rings. The summed E-state index contributed by atoms with van der Waals surface area (Å²) in [5.41, 5.74) is 0.395. The van der Waals surface area contributed by atoms with E-state index in [1.807, 2.05) is 6.92 Å². The largest absolute Gasteiger partial charge is 0.319 e. The van der Waals surface area contributed by atoms with Crippen molar-refractivity contribution in [2.75, 3.05) is 18.9 Å². The van der Waals surface area contributed by atoms with Crippen molar-refractivity contribution in [2.24, 2.45) is 5.92 Å². The zero-order chi connectivity index (χ0) is 16.1. The summed E-state index contributed by atoms with van der Waals surface area (Å²) in [6.07, 6.45) is 1.90. The molecule has 2 rings (SSSR count). The summed E-state index contributed by atoms with van der Waals surface area (Å²) in [5.74, 6) is -1.48. The van der Waals surface area contributed by atoms with E-state index in [-0.39, 0.29) is 24.2 Å². The van der Waals surface area contributed by atoms with Crippen molar-refractivity contribution >= 4 is 34.8 Å². The van der Waals surface area contributed by atoms with Crippen molar-refractivity contribution in [3.05, 3.63) is 46.5 Å². The van der Waals surface area contributed by atoms with Gasteiger partial charge >= 0.3 is 0 Å². The molecule has 0 fully saturated rings. The van der Waals surface area contributed by atoms with Gasteiger partial charge in [-0.05, 0) is 18.7 Å². The van der Waals surface area contributed by atoms with Crippen LogP contribution in [0.3, 0.4) is 0 Å². The molecule has 126 valence electrons. The van der Waals surface area contributed by atoms with Gasteiger partial charge in [0.05, 0.1) is 0 Å². The number of halogens is 3. The van der Waals surface area contributed by atoms with Crippen molar-refractivity contribution in [2.45, 2.75) is 13.3 Å². The third kappa shape index (κ3) is 5.53. The molecule has 0 bridgehead atoms. The van der Waals surface area contributed by atoms with Crippen molar-refractivity contribution in [1.29, 1.82) is 0 Å². The topological polar surface area (TPSA) is 54.0 Å². The number of benzene rings is 1. The number of thiazole rings is 1. The summed E-state index contributed by atoms with van der Waals surface area (Å²) >= 11 is 1.28. The highest BCUT2D eigenvalue weighted by molar-refractivity contribution is 7.15. The Labute approximate surface area is 143 Å². The van der Waals surface area contributed by atoms with E-state index in [9.17, 15) is 13.6 Å². The van der Waals surface area contributed by atoms with Crippen LogP contribution < -0.4 is 10.6 Å². The zero-order valence-electron chi connectivity index (χ0n) is 12.7. The fraction of sp³-hybridized carbons (Fsp3) is 0.333. The molecule has 0 aliphatic heterocycles. The van der Waals surface area contributed by atoms with Gasteiger partial charge < -0.3 is 10.6 Å². The van der Waals surface area contributed by atoms with Crippen LogP contribution in [-0.2, 0) is 11.2 Å². The van der Waals surface area contributed by atoms with Crippen molar-refractivity contribution < 1.29 is 13.6 Å². The molecule has 1 aromatic carbocycles. The molecule has 1 heterocycles. The maximum absolute atomic E-state index is 13.6. The number of hydrogen-bond acceptors (Lipinski definition) is 4. The first kappa shape index (κ1) is 19.5. The minimum absolute atomic E-state index is 0. The van der Waals surface area contributed by atoms with E-state index >= 15 is 0 Å². The minimum atomic E-state index is -0.600. The number of aromatic nitrogens is 1. The third-order valence-corrected chi connectivity index (χ3v) is 4.03. The van der Waals surface area contributed by atoms with E-state index in [0.717, 1.165) is 10.9 Å². The Hall–Kier alpha value is -1.57. The van der Waals surface area contributed by atoms with Crippen LogP contribution in [0.1, 0.15) is 17.4 Å². The smallest absolute Gasteiger partial charge is 0.230 e. The quantitative estimate of drug-likeness (QED) is 0.830. The first-order valence-corrected chi connectivity index (χ1v) is 7.65. The van der Waals surface area contributed by atoms with Crippen LogP contribution in [0.2, 0.25) is 0 Å². The van der Waals surface area contributed by atoms with Gasteiger partial charge in [-0.25, -0.2) is 13.8 Å². The van der Waals surface area contributed by atoms with E-state index in [0.29, 0.717) is 23.7 Å². The molecule has 23 heavy (non-hydrogen) atoms. The minimum Gasteiger partial charge on any atom is -0.319 e. The summed E-state index contributed by atoms with van der Waals surface area (Å²) in [7, 11) is 1.78. The van der Waals surface area contributed by atoms with E-state index in [1.54, 1.807) is 13.2 Å². The van der Waals surface area contributed by atoms with Crippen LogP contribution in [0.25, 0.3) is 0 Å². The van der Waals surface area contributed by atoms with Crippen LogP contribution in [-0.4, -0.2) is 24.5 Å². The first-order valence-electron chi connectivity index (χ1n) is 6.83. The maximum Gasteiger partial charge on any atom is 0.230 e. The Morgan fingerprint density at radius 2 is 2.13 bits per heavy atom. The lowest BCUT2D eigenvalue weighted by molar-refractivity contribution is -0.119. The van der Waals surface area contributed by atoms with Crippen LogP contribution >= 0.6 is 23.7 Å². The number of nitrogens with zero attached hydrogens (tertiary/aromatic N) is 1. The molecule has 2 aromatic rings. The highest BCUT2D eigenvalue weighted by Gasteiger charge is 2.14. The fourth-order valence-corrected chi connectivity index (χ4v) is 2.77. The monoisotopic (exact) mass is 361 g/mol. The molecule has 0 radical (unpaired) electrons. The van der Waals surface area contributed by atoms with Crippen molar-refractivity contribution in [3.8, 4) is 0 Å². The van der Waals surface area contributed by atoms with E-state index in [2.05, 4.69) is 15.6 Å². The highest BCUT2D eigenvalue weighted by atomic mass is 35.5. The Bertz CT molecular complexity index is 666. The average molecular weight is 362 g/mol. The lowest BCUT2D eigenvalue weighted by Crippen LogP contribution is -2.28. The molecule has 8 heteroatoms. The van der Waals surface area contributed by atoms with Gasteiger partial charge in [-0.1, -0.05) is 13.0 Å². The molecule has 1 aromatic heterocycles. The third-order valence-electron chi connectivity index (χ3n) is 3.12. The second-order valence-corrected chi connectivity index (χ2v) is 6.11. The van der Waals surface area contributed by atoms with Gasteiger partial charge in [0.15, 0.2) is 5.13 Å². The number of nitrogens with one attached hydrogen (secondary N) is 2. The van der Waals surface area contributed by atoms with E-state index in [1.165, 1.54) is 23.5 Å². The molecule has 0 spiro atoms. The molecule has 1 atom stereocenters. The number of carbonyl (C=O) groups excluding carboxylic acids is 1. The summed E-state index contributed by atoms with van der Waals surface area (Å²) in [5, 5.41) is 6.14. The Morgan fingerprint density at radius 1 is 1.39 bits per heavy atom. The summed E-state index contributed by atoms with van der Waals surface area (Å²) < 4.78 is 26.5. The molecular formula is C15H18ClF2N3OS. The van der Waals surface area contributed by atoms with Gasteiger partial charge in [0.1, 0.15) is 11.6 Å². The second kappa shape index (κ2) is 8.90. The lowest BCUT2D eigenvalue weighted by atomic mass is 10.1. The Balaban J connectivity index is 0.00000264. The van der Waals surface area contributed by atoms with Gasteiger partial charge in [0, 0.05) is 36.0 Å². The number of hydrogen-bond donors (Lipinski definition) is 2. The van der Waals surface area contributed by atoms with Crippen molar-refractivity contribution in [3.63, 3.8) is 0 Å². The predicted octanol–water partition coefficient (Wildman–Crippen LogP) is 3.23.